The first-order chi connectivity index (χ1) is 20.7. The van der Waals surface area contributed by atoms with E-state index in [4.69, 9.17) is 25.4 Å². The van der Waals surface area contributed by atoms with Gasteiger partial charge in [-0.3, -0.25) is 9.59 Å². The average Bonchev–Trinajstić information content (AvgIpc) is 2.96. The minimum atomic E-state index is -1.25. The molecule has 0 aliphatic heterocycles. The second kappa shape index (κ2) is 26.2. The quantitative estimate of drug-likeness (QED) is 0.0624. The van der Waals surface area contributed by atoms with E-state index in [2.05, 4.69) is 21.9 Å². The highest BCUT2D eigenvalue weighted by Crippen LogP contribution is 2.04. The summed E-state index contributed by atoms with van der Waals surface area (Å²) in [5.74, 6) is -1.53. The lowest BCUT2D eigenvalue weighted by atomic mass is 10.1. The van der Waals surface area contributed by atoms with E-state index in [1.807, 2.05) is 13.8 Å². The molecule has 0 aromatic carbocycles. The van der Waals surface area contributed by atoms with Crippen LogP contribution in [0.3, 0.4) is 0 Å². The minimum absolute atomic E-state index is 0.105. The Balaban J connectivity index is 4.72. The van der Waals surface area contributed by atoms with Gasteiger partial charge in [0.25, 0.3) is 0 Å². The molecule has 0 saturated carbocycles. The van der Waals surface area contributed by atoms with E-state index in [-0.39, 0.29) is 39.2 Å². The molecule has 0 rings (SSSR count). The number of unbranched alkanes of at least 4 members (excludes halogenated alkanes) is 2. The second-order valence-corrected chi connectivity index (χ2v) is 9.38. The molecular formula is C28H48N4O11. The Morgan fingerprint density at radius 1 is 0.721 bits per heavy atom. The fourth-order valence-corrected chi connectivity index (χ4v) is 3.47. The van der Waals surface area contributed by atoms with Crippen molar-refractivity contribution >= 4 is 29.8 Å². The van der Waals surface area contributed by atoms with Crippen LogP contribution in [0.25, 0.3) is 0 Å². The van der Waals surface area contributed by atoms with Crippen LogP contribution in [0.1, 0.15) is 52.4 Å². The summed E-state index contributed by atoms with van der Waals surface area (Å²) in [6, 6.07) is -3.31. The number of carboxylic acid groups (broad SMARTS) is 2. The highest BCUT2D eigenvalue weighted by molar-refractivity contribution is 5.91. The third-order valence-corrected chi connectivity index (χ3v) is 5.75. The lowest BCUT2D eigenvalue weighted by Gasteiger charge is -2.25. The molecule has 0 saturated heterocycles. The predicted molar refractivity (Wildman–Crippen MR) is 155 cm³/mol. The van der Waals surface area contributed by atoms with Crippen molar-refractivity contribution in [3.05, 3.63) is 0 Å². The van der Waals surface area contributed by atoms with Crippen molar-refractivity contribution in [1.82, 2.24) is 20.9 Å². The minimum Gasteiger partial charge on any atom is -0.480 e. The number of terminal acetylenes is 1. The van der Waals surface area contributed by atoms with Crippen molar-refractivity contribution in [1.29, 1.82) is 0 Å². The maximum Gasteiger partial charge on any atom is 0.326 e. The highest BCUT2D eigenvalue weighted by Gasteiger charge is 2.27. The van der Waals surface area contributed by atoms with Crippen molar-refractivity contribution in [2.75, 3.05) is 72.5 Å². The van der Waals surface area contributed by atoms with E-state index in [9.17, 15) is 34.2 Å². The van der Waals surface area contributed by atoms with Crippen LogP contribution in [0.2, 0.25) is 0 Å². The molecule has 0 aliphatic rings. The van der Waals surface area contributed by atoms with Gasteiger partial charge in [-0.05, 0) is 12.8 Å². The molecule has 0 unspecified atom stereocenters. The standard InChI is InChI=1S/C28H48N4O11/c1-4-7-9-22(26(35)36)30-25(34)21-32(28(39)31-23(27(37)38)10-8-5-2)20-24(33)29-11-13-41-15-17-43-19-18-42-16-14-40-12-6-3/h3,22-23H,4-5,7-21H2,1-2H3,(H,29,33)(H,30,34)(H,31,39)(H,35,36)(H,37,38)/t22-,23-/m0/s1. The summed E-state index contributed by atoms with van der Waals surface area (Å²) in [5, 5.41) is 26.1. The van der Waals surface area contributed by atoms with Crippen molar-refractivity contribution < 1.29 is 53.1 Å². The zero-order valence-corrected chi connectivity index (χ0v) is 25.3. The molecular weight excluding hydrogens is 568 g/mol. The Morgan fingerprint density at radius 3 is 1.67 bits per heavy atom. The number of ether oxygens (including phenoxy) is 4. The lowest BCUT2D eigenvalue weighted by molar-refractivity contribution is -0.142. The highest BCUT2D eigenvalue weighted by atomic mass is 16.6. The Bertz CT molecular complexity index is 866. The summed E-state index contributed by atoms with van der Waals surface area (Å²) in [7, 11) is 0. The molecule has 0 radical (unpaired) electrons. The fourth-order valence-electron chi connectivity index (χ4n) is 3.47. The van der Waals surface area contributed by atoms with Crippen molar-refractivity contribution in [2.24, 2.45) is 0 Å². The topological polar surface area (TPSA) is 202 Å². The number of carbonyl (C=O) groups is 5. The Labute approximate surface area is 253 Å². The van der Waals surface area contributed by atoms with Crippen LogP contribution in [0.4, 0.5) is 4.79 Å². The van der Waals surface area contributed by atoms with Crippen LogP contribution in [-0.4, -0.2) is 129 Å². The van der Waals surface area contributed by atoms with Gasteiger partial charge in [-0.15, -0.1) is 6.42 Å². The van der Waals surface area contributed by atoms with Gasteiger partial charge in [-0.1, -0.05) is 45.5 Å². The van der Waals surface area contributed by atoms with E-state index in [1.54, 1.807) is 0 Å². The first-order valence-corrected chi connectivity index (χ1v) is 14.5. The molecule has 0 spiro atoms. The SMILES string of the molecule is C#CCOCCOCCOCCOCCNC(=O)CN(CC(=O)N[C@@H](CCCC)C(=O)O)C(=O)N[C@@H](CCCC)C(=O)O. The Kier molecular flexibility index (Phi) is 24.1. The Hall–Kier alpha value is -3.45. The van der Waals surface area contributed by atoms with Crippen LogP contribution in [0, 0.1) is 12.3 Å². The second-order valence-electron chi connectivity index (χ2n) is 9.38. The molecule has 43 heavy (non-hydrogen) atoms. The van der Waals surface area contributed by atoms with E-state index in [0.29, 0.717) is 52.3 Å². The van der Waals surface area contributed by atoms with Gasteiger partial charge in [0, 0.05) is 6.54 Å². The van der Waals surface area contributed by atoms with Gasteiger partial charge in [0.15, 0.2) is 0 Å². The zero-order chi connectivity index (χ0) is 32.3. The van der Waals surface area contributed by atoms with Crippen molar-refractivity contribution in [2.45, 2.75) is 64.5 Å². The molecule has 0 fully saturated rings. The van der Waals surface area contributed by atoms with E-state index in [0.717, 1.165) is 11.3 Å². The van der Waals surface area contributed by atoms with Crippen LogP contribution in [0.5, 0.6) is 0 Å². The predicted octanol–water partition coefficient (Wildman–Crippen LogP) is 0.217. The largest absolute Gasteiger partial charge is 0.480 e. The molecule has 0 bridgehead atoms. The summed E-state index contributed by atoms with van der Waals surface area (Å²) in [5.41, 5.74) is 0. The van der Waals surface area contributed by atoms with Gasteiger partial charge in [-0.25, -0.2) is 14.4 Å². The summed E-state index contributed by atoms with van der Waals surface area (Å²) in [4.78, 5) is 62.0. The van der Waals surface area contributed by atoms with Gasteiger partial charge >= 0.3 is 18.0 Å². The molecule has 2 atom stereocenters. The third-order valence-electron chi connectivity index (χ3n) is 5.75. The molecule has 4 amide bonds. The van der Waals surface area contributed by atoms with Crippen LogP contribution >= 0.6 is 0 Å². The number of carboxylic acids is 2. The van der Waals surface area contributed by atoms with E-state index >= 15 is 0 Å². The van der Waals surface area contributed by atoms with Gasteiger partial charge in [0.1, 0.15) is 31.8 Å². The molecule has 0 aromatic heterocycles. The summed E-state index contributed by atoms with van der Waals surface area (Å²) in [6.07, 6.45) is 7.96. The molecule has 15 heteroatoms. The molecule has 246 valence electrons. The number of nitrogens with zero attached hydrogens (tertiary/aromatic N) is 1. The van der Waals surface area contributed by atoms with Crippen LogP contribution in [0.15, 0.2) is 0 Å². The number of rotatable bonds is 27. The van der Waals surface area contributed by atoms with Crippen LogP contribution in [-0.2, 0) is 38.1 Å². The molecule has 15 nitrogen and oxygen atoms in total. The molecule has 5 N–H and O–H groups in total. The Morgan fingerprint density at radius 2 is 1.19 bits per heavy atom. The smallest absolute Gasteiger partial charge is 0.326 e. The number of urea groups is 1. The summed E-state index contributed by atoms with van der Waals surface area (Å²) < 4.78 is 21.1. The maximum atomic E-state index is 12.9. The number of carbonyl (C=O) groups excluding carboxylic acids is 3. The normalized spacial score (nSPS) is 12.0. The first kappa shape index (κ1) is 39.5. The van der Waals surface area contributed by atoms with Gasteiger partial charge in [0.05, 0.1) is 46.2 Å². The lowest BCUT2D eigenvalue weighted by Crippen LogP contribution is -2.54. The number of hydrogen-bond donors (Lipinski definition) is 5. The summed E-state index contributed by atoms with van der Waals surface area (Å²) >= 11 is 0. The molecule has 0 aromatic rings. The van der Waals surface area contributed by atoms with E-state index in [1.165, 1.54) is 0 Å². The zero-order valence-electron chi connectivity index (χ0n) is 25.3. The van der Waals surface area contributed by atoms with Gasteiger partial charge in [0.2, 0.25) is 11.8 Å². The number of hydrogen-bond acceptors (Lipinski definition) is 9. The number of aliphatic carboxylic acids is 2. The monoisotopic (exact) mass is 616 g/mol. The molecule has 0 aliphatic carbocycles. The number of nitrogens with one attached hydrogen (secondary N) is 3. The van der Waals surface area contributed by atoms with Gasteiger partial charge < -0.3 is 50.0 Å². The van der Waals surface area contributed by atoms with Crippen LogP contribution < -0.4 is 16.0 Å². The van der Waals surface area contributed by atoms with E-state index < -0.39 is 55.0 Å². The number of amides is 4. The van der Waals surface area contributed by atoms with Crippen molar-refractivity contribution in [3.63, 3.8) is 0 Å². The average molecular weight is 617 g/mol. The first-order valence-electron chi connectivity index (χ1n) is 14.5. The van der Waals surface area contributed by atoms with Gasteiger partial charge in [-0.2, -0.15) is 0 Å². The summed E-state index contributed by atoms with van der Waals surface area (Å²) in [6.45, 7) is 5.18. The fraction of sp³-hybridized carbons (Fsp3) is 0.750. The maximum absolute atomic E-state index is 12.9. The third kappa shape index (κ3) is 21.8. The molecule has 0 heterocycles. The van der Waals surface area contributed by atoms with Crippen molar-refractivity contribution in [3.8, 4) is 12.3 Å².